The Kier molecular flexibility index (Phi) is 4.36. The number of halogens is 1. The van der Waals surface area contributed by atoms with Gasteiger partial charge in [-0.1, -0.05) is 24.9 Å². The van der Waals surface area contributed by atoms with Crippen molar-refractivity contribution in [1.29, 1.82) is 0 Å². The second kappa shape index (κ2) is 5.71. The maximum atomic E-state index is 12.1. The van der Waals surface area contributed by atoms with Crippen LogP contribution in [0.4, 0.5) is 0 Å². The zero-order valence-electron chi connectivity index (χ0n) is 11.1. The van der Waals surface area contributed by atoms with E-state index in [-0.39, 0.29) is 27.4 Å². The highest BCUT2D eigenvalue weighted by atomic mass is 35.5. The highest BCUT2D eigenvalue weighted by molar-refractivity contribution is 7.89. The van der Waals surface area contributed by atoms with E-state index in [1.165, 1.54) is 18.2 Å². The molecule has 1 aliphatic carbocycles. The highest BCUT2D eigenvalue weighted by Gasteiger charge is 2.37. The Hall–Kier alpha value is -1.11. The molecule has 3 N–H and O–H groups in total. The molecule has 0 aromatic heterocycles. The molecule has 0 saturated heterocycles. The van der Waals surface area contributed by atoms with Gasteiger partial charge in [0.2, 0.25) is 10.0 Å². The maximum absolute atomic E-state index is 12.1. The van der Waals surface area contributed by atoms with Crippen LogP contribution in [0.3, 0.4) is 0 Å². The Morgan fingerprint density at radius 3 is 2.75 bits per heavy atom. The van der Waals surface area contributed by atoms with Gasteiger partial charge in [0.1, 0.15) is 0 Å². The SMILES string of the molecule is CCCC1CC1NC(=O)c1cc(Cl)cc(S(N)(=O)=O)c1. The summed E-state index contributed by atoms with van der Waals surface area (Å²) in [6.45, 7) is 2.10. The van der Waals surface area contributed by atoms with E-state index in [4.69, 9.17) is 16.7 Å². The van der Waals surface area contributed by atoms with Gasteiger partial charge < -0.3 is 5.32 Å². The standard InChI is InChI=1S/C13H17ClN2O3S/c1-2-3-8-6-12(8)16-13(17)9-4-10(14)7-11(5-9)20(15,18)19/h4-5,7-8,12H,2-3,6H2,1H3,(H,16,17)(H2,15,18,19). The second-order valence-corrected chi connectivity index (χ2v) is 7.08. The number of rotatable bonds is 5. The molecular formula is C13H17ClN2O3S. The van der Waals surface area contributed by atoms with E-state index in [0.29, 0.717) is 5.92 Å². The van der Waals surface area contributed by atoms with Crippen LogP contribution in [0.2, 0.25) is 5.02 Å². The predicted molar refractivity (Wildman–Crippen MR) is 77.1 cm³/mol. The number of amides is 1. The largest absolute Gasteiger partial charge is 0.349 e. The minimum atomic E-state index is -3.88. The van der Waals surface area contributed by atoms with Crippen molar-refractivity contribution >= 4 is 27.5 Å². The van der Waals surface area contributed by atoms with Crippen LogP contribution in [-0.2, 0) is 10.0 Å². The van der Waals surface area contributed by atoms with Gasteiger partial charge in [0.25, 0.3) is 5.91 Å². The number of carbonyl (C=O) groups excluding carboxylic acids is 1. The summed E-state index contributed by atoms with van der Waals surface area (Å²) in [4.78, 5) is 11.9. The van der Waals surface area contributed by atoms with Crippen LogP contribution in [0.25, 0.3) is 0 Å². The molecule has 1 saturated carbocycles. The molecule has 7 heteroatoms. The lowest BCUT2D eigenvalue weighted by Gasteiger charge is -2.07. The summed E-state index contributed by atoms with van der Waals surface area (Å²) in [6.07, 6.45) is 3.15. The number of hydrogen-bond acceptors (Lipinski definition) is 3. The number of nitrogens with two attached hydrogens (primary N) is 1. The first-order valence-corrected chi connectivity index (χ1v) is 8.38. The number of benzene rings is 1. The number of sulfonamides is 1. The zero-order chi connectivity index (χ0) is 14.9. The van der Waals surface area contributed by atoms with Crippen LogP contribution < -0.4 is 10.5 Å². The predicted octanol–water partition coefficient (Wildman–Crippen LogP) is 1.91. The van der Waals surface area contributed by atoms with Crippen LogP contribution in [-0.4, -0.2) is 20.4 Å². The fourth-order valence-electron chi connectivity index (χ4n) is 2.22. The molecule has 2 atom stereocenters. The Bertz CT molecular complexity index is 631. The molecule has 0 heterocycles. The van der Waals surface area contributed by atoms with E-state index >= 15 is 0 Å². The normalized spacial score (nSPS) is 21.6. The average Bonchev–Trinajstić information content (AvgIpc) is 3.05. The number of carbonyl (C=O) groups is 1. The number of primary sulfonamides is 1. The van der Waals surface area contributed by atoms with Gasteiger partial charge in [-0.2, -0.15) is 0 Å². The molecule has 0 aliphatic heterocycles. The Labute approximate surface area is 123 Å². The van der Waals surface area contributed by atoms with Gasteiger partial charge in [-0.3, -0.25) is 4.79 Å². The highest BCUT2D eigenvalue weighted by Crippen LogP contribution is 2.34. The zero-order valence-corrected chi connectivity index (χ0v) is 12.7. The lowest BCUT2D eigenvalue weighted by Crippen LogP contribution is -2.27. The molecule has 0 radical (unpaired) electrons. The van der Waals surface area contributed by atoms with Gasteiger partial charge in [-0.05, 0) is 37.0 Å². The molecule has 2 unspecified atom stereocenters. The fraction of sp³-hybridized carbons (Fsp3) is 0.462. The Balaban J connectivity index is 2.13. The van der Waals surface area contributed by atoms with Crippen molar-refractivity contribution in [1.82, 2.24) is 5.32 Å². The molecule has 0 bridgehead atoms. The van der Waals surface area contributed by atoms with Gasteiger partial charge >= 0.3 is 0 Å². The quantitative estimate of drug-likeness (QED) is 0.869. The molecule has 1 amide bonds. The van der Waals surface area contributed by atoms with Gasteiger partial charge in [-0.25, -0.2) is 13.6 Å². The fourth-order valence-corrected chi connectivity index (χ4v) is 3.11. The van der Waals surface area contributed by atoms with Crippen molar-refractivity contribution in [2.24, 2.45) is 11.1 Å². The van der Waals surface area contributed by atoms with Crippen molar-refractivity contribution in [3.05, 3.63) is 28.8 Å². The third-order valence-corrected chi connectivity index (χ3v) is 4.47. The summed E-state index contributed by atoms with van der Waals surface area (Å²) >= 11 is 5.83. The molecule has 0 spiro atoms. The molecule has 1 aromatic rings. The van der Waals surface area contributed by atoms with Gasteiger partial charge in [0.15, 0.2) is 0 Å². The lowest BCUT2D eigenvalue weighted by molar-refractivity contribution is 0.0948. The van der Waals surface area contributed by atoms with Crippen molar-refractivity contribution < 1.29 is 13.2 Å². The first-order chi connectivity index (χ1) is 9.31. The minimum Gasteiger partial charge on any atom is -0.349 e. The van der Waals surface area contributed by atoms with Gasteiger partial charge in [-0.15, -0.1) is 0 Å². The summed E-state index contributed by atoms with van der Waals surface area (Å²) < 4.78 is 22.6. The van der Waals surface area contributed by atoms with E-state index in [0.717, 1.165) is 19.3 Å². The van der Waals surface area contributed by atoms with Crippen molar-refractivity contribution in [3.8, 4) is 0 Å². The lowest BCUT2D eigenvalue weighted by atomic mass is 10.2. The number of hydrogen-bond donors (Lipinski definition) is 2. The third-order valence-electron chi connectivity index (χ3n) is 3.36. The van der Waals surface area contributed by atoms with E-state index in [1.807, 2.05) is 0 Å². The minimum absolute atomic E-state index is 0.156. The van der Waals surface area contributed by atoms with E-state index in [1.54, 1.807) is 0 Å². The summed E-state index contributed by atoms with van der Waals surface area (Å²) in [5.41, 5.74) is 0.212. The monoisotopic (exact) mass is 316 g/mol. The summed E-state index contributed by atoms with van der Waals surface area (Å²) in [6, 6.07) is 4.08. The van der Waals surface area contributed by atoms with E-state index in [9.17, 15) is 13.2 Å². The maximum Gasteiger partial charge on any atom is 0.251 e. The summed E-state index contributed by atoms with van der Waals surface area (Å²) in [5, 5.41) is 8.10. The number of nitrogens with one attached hydrogen (secondary N) is 1. The van der Waals surface area contributed by atoms with Crippen molar-refractivity contribution in [2.45, 2.75) is 37.1 Å². The van der Waals surface area contributed by atoms with Crippen LogP contribution in [0.5, 0.6) is 0 Å². The third kappa shape index (κ3) is 3.71. The smallest absolute Gasteiger partial charge is 0.251 e. The molecular weight excluding hydrogens is 300 g/mol. The molecule has 5 nitrogen and oxygen atoms in total. The molecule has 1 fully saturated rings. The second-order valence-electron chi connectivity index (χ2n) is 5.09. The molecule has 2 rings (SSSR count). The van der Waals surface area contributed by atoms with Crippen LogP contribution in [0.15, 0.2) is 23.1 Å². The Morgan fingerprint density at radius 1 is 1.45 bits per heavy atom. The molecule has 1 aliphatic rings. The molecule has 20 heavy (non-hydrogen) atoms. The van der Waals surface area contributed by atoms with E-state index in [2.05, 4.69) is 12.2 Å². The Morgan fingerprint density at radius 2 is 2.15 bits per heavy atom. The van der Waals surface area contributed by atoms with Crippen LogP contribution in [0, 0.1) is 5.92 Å². The molecule has 1 aromatic carbocycles. The van der Waals surface area contributed by atoms with Crippen LogP contribution in [0.1, 0.15) is 36.5 Å². The van der Waals surface area contributed by atoms with Gasteiger partial charge in [0, 0.05) is 16.6 Å². The van der Waals surface area contributed by atoms with Crippen molar-refractivity contribution in [3.63, 3.8) is 0 Å². The summed E-state index contributed by atoms with van der Waals surface area (Å²) in [7, 11) is -3.88. The van der Waals surface area contributed by atoms with E-state index < -0.39 is 10.0 Å². The van der Waals surface area contributed by atoms with Gasteiger partial charge in [0.05, 0.1) is 4.90 Å². The average molecular weight is 317 g/mol. The molecule has 110 valence electrons. The first kappa shape index (κ1) is 15.3. The van der Waals surface area contributed by atoms with Crippen molar-refractivity contribution in [2.75, 3.05) is 0 Å². The topological polar surface area (TPSA) is 89.3 Å². The van der Waals surface area contributed by atoms with Crippen LogP contribution >= 0.6 is 11.6 Å². The summed E-state index contributed by atoms with van der Waals surface area (Å²) in [5.74, 6) is 0.210. The first-order valence-electron chi connectivity index (χ1n) is 6.45.